The van der Waals surface area contributed by atoms with Gasteiger partial charge in [-0.2, -0.15) is 9.61 Å². The number of carbonyl (C=O) groups is 2. The van der Waals surface area contributed by atoms with E-state index in [1.54, 1.807) is 24.8 Å². The number of fused-ring (bicyclic) bond motifs is 3. The van der Waals surface area contributed by atoms with Crippen molar-refractivity contribution in [2.45, 2.75) is 50.6 Å². The van der Waals surface area contributed by atoms with Gasteiger partial charge in [-0.15, -0.1) is 10.2 Å². The summed E-state index contributed by atoms with van der Waals surface area (Å²) in [5, 5.41) is 12.1. The second-order valence-electron chi connectivity index (χ2n) is 10.1. The zero-order valence-electron chi connectivity index (χ0n) is 21.1. The van der Waals surface area contributed by atoms with Crippen LogP contribution in [0, 0.1) is 0 Å². The SMILES string of the molecule is CC(=O)c1c([C@H]2C[C@H]3CC[C@@H](C2)N3C(=O)c2nnc[nH]2)nc2c(-c3ccc(-c4ncc[nH]4)nc3)cnn2c1N. The molecule has 0 spiro atoms. The van der Waals surface area contributed by atoms with E-state index in [2.05, 4.69) is 35.2 Å². The molecule has 3 atom stereocenters. The maximum Gasteiger partial charge on any atom is 0.292 e. The standard InChI is InChI=1S/C26H25N11O2/c1-13(38)20-21(15-8-16-3-4-17(9-15)36(16)26(39)24-31-12-32-35-24)34-25-18(11-33-37(25)22(20)27)14-2-5-19(30-10-14)23-28-6-7-29-23/h2,5-7,10-12,15-17H,3-4,8-9,27H2,1H3,(H,28,29)(H,31,32,35)/t15-,16+,17-. The maximum absolute atomic E-state index is 13.1. The van der Waals surface area contributed by atoms with Crippen LogP contribution in [-0.2, 0) is 0 Å². The Morgan fingerprint density at radius 1 is 1.08 bits per heavy atom. The molecule has 1 amide bonds. The lowest BCUT2D eigenvalue weighted by Crippen LogP contribution is -2.46. The number of H-pyrrole nitrogens is 2. The number of hydrogen-bond donors (Lipinski definition) is 3. The Balaban J connectivity index is 1.27. The molecule has 0 aromatic carbocycles. The van der Waals surface area contributed by atoms with Crippen LogP contribution in [-0.4, -0.2) is 73.4 Å². The second-order valence-corrected chi connectivity index (χ2v) is 10.1. The molecule has 0 saturated carbocycles. The highest BCUT2D eigenvalue weighted by molar-refractivity contribution is 6.00. The average molecular weight is 524 g/mol. The van der Waals surface area contributed by atoms with Gasteiger partial charge in [0.05, 0.1) is 17.5 Å². The quantitative estimate of drug-likeness (QED) is 0.292. The summed E-state index contributed by atoms with van der Waals surface area (Å²) in [6, 6.07) is 3.86. The fourth-order valence-electron chi connectivity index (χ4n) is 6.16. The Morgan fingerprint density at radius 2 is 1.90 bits per heavy atom. The molecule has 0 radical (unpaired) electrons. The summed E-state index contributed by atoms with van der Waals surface area (Å²) in [5.41, 5.74) is 10.5. The Bertz CT molecular complexity index is 1680. The third-order valence-electron chi connectivity index (χ3n) is 7.85. The molecule has 2 saturated heterocycles. The number of aromatic amines is 2. The topological polar surface area (TPSA) is 177 Å². The molecule has 7 rings (SSSR count). The summed E-state index contributed by atoms with van der Waals surface area (Å²) in [4.78, 5) is 47.6. The van der Waals surface area contributed by atoms with Gasteiger partial charge in [-0.25, -0.2) is 9.97 Å². The number of nitrogens with one attached hydrogen (secondary N) is 2. The third kappa shape index (κ3) is 3.68. The molecule has 4 N–H and O–H groups in total. The number of amides is 1. The number of piperidine rings is 1. The van der Waals surface area contributed by atoms with Crippen LogP contribution in [0.5, 0.6) is 0 Å². The Hall–Kier alpha value is -4.94. The number of anilines is 1. The van der Waals surface area contributed by atoms with Crippen molar-refractivity contribution in [3.8, 4) is 22.6 Å². The minimum Gasteiger partial charge on any atom is -0.383 e. The number of rotatable bonds is 5. The molecule has 0 unspecified atom stereocenters. The van der Waals surface area contributed by atoms with Gasteiger partial charge in [0.25, 0.3) is 5.91 Å². The lowest BCUT2D eigenvalue weighted by atomic mass is 9.85. The van der Waals surface area contributed by atoms with E-state index in [1.807, 2.05) is 17.0 Å². The van der Waals surface area contributed by atoms with E-state index >= 15 is 0 Å². The van der Waals surface area contributed by atoms with Crippen LogP contribution in [0.1, 0.15) is 65.2 Å². The van der Waals surface area contributed by atoms with Crippen molar-refractivity contribution in [3.05, 3.63) is 60.3 Å². The number of aromatic nitrogens is 9. The van der Waals surface area contributed by atoms with Crippen molar-refractivity contribution in [2.24, 2.45) is 0 Å². The molecular formula is C26H25N11O2. The largest absolute Gasteiger partial charge is 0.383 e. The van der Waals surface area contributed by atoms with Crippen molar-refractivity contribution in [1.29, 1.82) is 0 Å². The maximum atomic E-state index is 13.1. The molecule has 2 bridgehead atoms. The molecule has 5 aromatic heterocycles. The molecular weight excluding hydrogens is 498 g/mol. The monoisotopic (exact) mass is 523 g/mol. The first-order chi connectivity index (χ1) is 19.0. The molecule has 7 heterocycles. The van der Waals surface area contributed by atoms with Gasteiger partial charge < -0.3 is 20.6 Å². The summed E-state index contributed by atoms with van der Waals surface area (Å²) in [6.07, 6.45) is 11.4. The number of Topliss-reactive ketones (excluding diaryl/α,β-unsaturated/α-hetero) is 1. The number of pyridine rings is 1. The van der Waals surface area contributed by atoms with Gasteiger partial charge in [0.15, 0.2) is 17.3 Å². The fourth-order valence-corrected chi connectivity index (χ4v) is 6.16. The van der Waals surface area contributed by atoms with Crippen LogP contribution in [0.15, 0.2) is 43.2 Å². The molecule has 13 heteroatoms. The number of hydrogen-bond acceptors (Lipinski definition) is 9. The average Bonchev–Trinajstić information content (AvgIpc) is 3.75. The smallest absolute Gasteiger partial charge is 0.292 e. The molecule has 2 aliphatic heterocycles. The van der Waals surface area contributed by atoms with Crippen molar-refractivity contribution in [1.82, 2.24) is 49.6 Å². The predicted octanol–water partition coefficient (Wildman–Crippen LogP) is 2.64. The number of imidazole rings is 1. The number of nitrogen functional groups attached to an aromatic ring is 1. The Morgan fingerprint density at radius 3 is 2.54 bits per heavy atom. The normalized spacial score (nSPS) is 20.5. The number of ketones is 1. The van der Waals surface area contributed by atoms with E-state index < -0.39 is 0 Å². The minimum absolute atomic E-state index is 0.0214. The van der Waals surface area contributed by atoms with Crippen LogP contribution < -0.4 is 5.73 Å². The van der Waals surface area contributed by atoms with Crippen LogP contribution in [0.4, 0.5) is 5.82 Å². The number of nitrogens with two attached hydrogens (primary N) is 1. The summed E-state index contributed by atoms with van der Waals surface area (Å²) in [7, 11) is 0. The fraction of sp³-hybridized carbons (Fsp3) is 0.308. The lowest BCUT2D eigenvalue weighted by Gasteiger charge is -2.38. The zero-order valence-corrected chi connectivity index (χ0v) is 21.1. The molecule has 39 heavy (non-hydrogen) atoms. The van der Waals surface area contributed by atoms with Crippen LogP contribution in [0.3, 0.4) is 0 Å². The van der Waals surface area contributed by atoms with Gasteiger partial charge in [-0.1, -0.05) is 6.07 Å². The van der Waals surface area contributed by atoms with Gasteiger partial charge >= 0.3 is 0 Å². The van der Waals surface area contributed by atoms with Crippen LogP contribution in [0.25, 0.3) is 28.3 Å². The van der Waals surface area contributed by atoms with Crippen molar-refractivity contribution < 1.29 is 9.59 Å². The van der Waals surface area contributed by atoms with Gasteiger partial charge in [-0.3, -0.25) is 14.6 Å². The lowest BCUT2D eigenvalue weighted by molar-refractivity contribution is 0.0556. The van der Waals surface area contributed by atoms with Gasteiger partial charge in [0.2, 0.25) is 5.82 Å². The molecule has 196 valence electrons. The highest BCUT2D eigenvalue weighted by Crippen LogP contribution is 2.45. The van der Waals surface area contributed by atoms with E-state index in [9.17, 15) is 9.59 Å². The summed E-state index contributed by atoms with van der Waals surface area (Å²) >= 11 is 0. The molecule has 2 fully saturated rings. The Kier molecular flexibility index (Phi) is 5.25. The van der Waals surface area contributed by atoms with Gasteiger partial charge in [-0.05, 0) is 38.7 Å². The van der Waals surface area contributed by atoms with Crippen LogP contribution in [0.2, 0.25) is 0 Å². The van der Waals surface area contributed by atoms with Gasteiger partial charge in [0.1, 0.15) is 17.8 Å². The first kappa shape index (κ1) is 23.2. The van der Waals surface area contributed by atoms with Crippen molar-refractivity contribution >= 4 is 23.2 Å². The van der Waals surface area contributed by atoms with E-state index in [0.717, 1.165) is 29.7 Å². The summed E-state index contributed by atoms with van der Waals surface area (Å²) in [5.74, 6) is 0.854. The predicted molar refractivity (Wildman–Crippen MR) is 140 cm³/mol. The molecule has 0 aliphatic carbocycles. The van der Waals surface area contributed by atoms with E-state index in [0.29, 0.717) is 35.6 Å². The molecule has 5 aromatic rings. The van der Waals surface area contributed by atoms with E-state index in [1.165, 1.54) is 17.8 Å². The zero-order chi connectivity index (χ0) is 26.7. The third-order valence-corrected chi connectivity index (χ3v) is 7.85. The number of nitrogens with zero attached hydrogens (tertiary/aromatic N) is 8. The first-order valence-corrected chi connectivity index (χ1v) is 12.8. The highest BCUT2D eigenvalue weighted by atomic mass is 16.2. The Labute approximate surface area is 221 Å². The summed E-state index contributed by atoms with van der Waals surface area (Å²) < 4.78 is 1.52. The molecule has 2 aliphatic rings. The highest BCUT2D eigenvalue weighted by Gasteiger charge is 2.45. The summed E-state index contributed by atoms with van der Waals surface area (Å²) in [6.45, 7) is 1.50. The van der Waals surface area contributed by atoms with Crippen molar-refractivity contribution in [3.63, 3.8) is 0 Å². The first-order valence-electron chi connectivity index (χ1n) is 12.8. The van der Waals surface area contributed by atoms with Crippen molar-refractivity contribution in [2.75, 3.05) is 5.73 Å². The van der Waals surface area contributed by atoms with Gasteiger partial charge in [0, 0.05) is 47.7 Å². The molecule has 13 nitrogen and oxygen atoms in total. The van der Waals surface area contributed by atoms with Crippen LogP contribution >= 0.6 is 0 Å². The second kappa shape index (κ2) is 8.82. The van der Waals surface area contributed by atoms with E-state index in [4.69, 9.17) is 10.7 Å². The number of carbonyl (C=O) groups excluding carboxylic acids is 2. The van der Waals surface area contributed by atoms with E-state index in [-0.39, 0.29) is 41.3 Å². The minimum atomic E-state index is -0.161.